The fourth-order valence-corrected chi connectivity index (χ4v) is 4.64. The van der Waals surface area contributed by atoms with Crippen molar-refractivity contribution in [1.82, 2.24) is 0 Å². The summed E-state index contributed by atoms with van der Waals surface area (Å²) in [5, 5.41) is 2.49. The second kappa shape index (κ2) is 9.44. The number of anilines is 2. The second-order valence-electron chi connectivity index (χ2n) is 7.46. The van der Waals surface area contributed by atoms with Gasteiger partial charge in [-0.2, -0.15) is 0 Å². The summed E-state index contributed by atoms with van der Waals surface area (Å²) in [7, 11) is -2.41. The van der Waals surface area contributed by atoms with E-state index in [0.29, 0.717) is 17.3 Å². The van der Waals surface area contributed by atoms with Gasteiger partial charge in [-0.05, 0) is 48.0 Å². The fraction of sp³-hybridized carbons (Fsp3) is 0.0385. The van der Waals surface area contributed by atoms with Crippen LogP contribution in [-0.2, 0) is 10.0 Å². The number of sulfonamides is 1. The minimum absolute atomic E-state index is 0.00617. The lowest BCUT2D eigenvalue weighted by Gasteiger charge is -2.19. The van der Waals surface area contributed by atoms with Crippen LogP contribution in [0, 0.1) is 11.6 Å². The lowest BCUT2D eigenvalue weighted by Crippen LogP contribution is -2.26. The van der Waals surface area contributed by atoms with Crippen molar-refractivity contribution in [3.63, 3.8) is 0 Å². The summed E-state index contributed by atoms with van der Waals surface area (Å²) in [5.74, 6) is -2.36. The molecule has 0 radical (unpaired) electrons. The average molecular weight is 479 g/mol. The monoisotopic (exact) mass is 478 g/mol. The summed E-state index contributed by atoms with van der Waals surface area (Å²) >= 11 is 0. The van der Waals surface area contributed by atoms with Crippen molar-refractivity contribution in [2.45, 2.75) is 4.90 Å². The number of nitrogens with one attached hydrogen (secondary N) is 1. The zero-order chi connectivity index (χ0) is 24.3. The van der Waals surface area contributed by atoms with E-state index in [2.05, 4.69) is 5.32 Å². The van der Waals surface area contributed by atoms with Crippen LogP contribution in [-0.4, -0.2) is 21.4 Å². The van der Waals surface area contributed by atoms with E-state index in [0.717, 1.165) is 10.4 Å². The van der Waals surface area contributed by atoms with Gasteiger partial charge in [0.25, 0.3) is 15.9 Å². The predicted molar refractivity (Wildman–Crippen MR) is 128 cm³/mol. The Balaban J connectivity index is 1.60. The molecular formula is C26H20F2N2O3S. The molecule has 4 aromatic carbocycles. The lowest BCUT2D eigenvalue weighted by atomic mass is 10.0. The number of hydrogen-bond donors (Lipinski definition) is 1. The van der Waals surface area contributed by atoms with E-state index in [4.69, 9.17) is 0 Å². The maximum Gasteiger partial charge on any atom is 0.264 e. The highest BCUT2D eigenvalue weighted by atomic mass is 32.2. The average Bonchev–Trinajstić information content (AvgIpc) is 2.86. The molecule has 0 aliphatic heterocycles. The molecule has 0 saturated carbocycles. The van der Waals surface area contributed by atoms with Crippen LogP contribution < -0.4 is 9.62 Å². The molecule has 8 heteroatoms. The molecule has 0 saturated heterocycles. The third-order valence-electron chi connectivity index (χ3n) is 5.27. The molecule has 1 amide bonds. The van der Waals surface area contributed by atoms with E-state index in [1.54, 1.807) is 60.7 Å². The molecule has 0 spiro atoms. The normalized spacial score (nSPS) is 11.1. The first kappa shape index (κ1) is 23.1. The Hall–Kier alpha value is -4.04. The van der Waals surface area contributed by atoms with E-state index >= 15 is 0 Å². The Labute approximate surface area is 196 Å². The van der Waals surface area contributed by atoms with E-state index < -0.39 is 27.6 Å². The number of hydrogen-bond acceptors (Lipinski definition) is 3. The van der Waals surface area contributed by atoms with Gasteiger partial charge in [0.05, 0.1) is 16.3 Å². The van der Waals surface area contributed by atoms with Crippen molar-refractivity contribution in [2.24, 2.45) is 0 Å². The molecule has 4 aromatic rings. The van der Waals surface area contributed by atoms with Crippen molar-refractivity contribution in [3.8, 4) is 11.1 Å². The van der Waals surface area contributed by atoms with Gasteiger partial charge in [0.15, 0.2) is 0 Å². The Bertz CT molecular complexity index is 1430. The smallest absolute Gasteiger partial charge is 0.264 e. The first-order valence-corrected chi connectivity index (χ1v) is 11.7. The van der Waals surface area contributed by atoms with E-state index in [1.165, 1.54) is 31.3 Å². The molecule has 0 aliphatic carbocycles. The first-order chi connectivity index (χ1) is 16.3. The number of carbonyl (C=O) groups excluding carboxylic acids is 1. The third-order valence-corrected chi connectivity index (χ3v) is 7.07. The largest absolute Gasteiger partial charge is 0.319 e. The first-order valence-electron chi connectivity index (χ1n) is 10.3. The quantitative estimate of drug-likeness (QED) is 0.386. The summed E-state index contributed by atoms with van der Waals surface area (Å²) in [5.41, 5.74) is 1.16. The molecular weight excluding hydrogens is 458 g/mol. The lowest BCUT2D eigenvalue weighted by molar-refractivity contribution is 0.102. The number of nitrogens with zero attached hydrogens (tertiary/aromatic N) is 1. The Kier molecular flexibility index (Phi) is 6.43. The maximum absolute atomic E-state index is 14.6. The topological polar surface area (TPSA) is 66.5 Å². The SMILES string of the molecule is CN(c1ccccc1)S(=O)(=O)c1ccc(C(=O)Nc2c(F)cc(F)cc2-c2ccccc2)cc1. The molecule has 0 atom stereocenters. The zero-order valence-electron chi connectivity index (χ0n) is 18.1. The minimum atomic E-state index is -3.85. The summed E-state index contributed by atoms with van der Waals surface area (Å²) in [4.78, 5) is 12.8. The molecule has 172 valence electrons. The van der Waals surface area contributed by atoms with Crippen molar-refractivity contribution in [1.29, 1.82) is 0 Å². The number of halogens is 2. The van der Waals surface area contributed by atoms with Crippen LogP contribution in [0.15, 0.2) is 102 Å². The highest BCUT2D eigenvalue weighted by Crippen LogP contribution is 2.32. The van der Waals surface area contributed by atoms with Gasteiger partial charge < -0.3 is 5.32 Å². The summed E-state index contributed by atoms with van der Waals surface area (Å²) in [6.07, 6.45) is 0. The van der Waals surface area contributed by atoms with Crippen LogP contribution >= 0.6 is 0 Å². The fourth-order valence-electron chi connectivity index (χ4n) is 3.44. The molecule has 4 rings (SSSR count). The highest BCUT2D eigenvalue weighted by Gasteiger charge is 2.22. The highest BCUT2D eigenvalue weighted by molar-refractivity contribution is 7.92. The van der Waals surface area contributed by atoms with Gasteiger partial charge in [-0.3, -0.25) is 9.10 Å². The standard InChI is InChI=1S/C26H20F2N2O3S/c1-30(21-10-6-3-7-11-21)34(32,33)22-14-12-19(13-15-22)26(31)29-25-23(16-20(27)17-24(25)28)18-8-4-2-5-9-18/h2-17H,1H3,(H,29,31). The molecule has 0 aliphatic rings. The predicted octanol–water partition coefficient (Wildman–Crippen LogP) is 5.71. The summed E-state index contributed by atoms with van der Waals surface area (Å²) in [6, 6.07) is 24.3. The summed E-state index contributed by atoms with van der Waals surface area (Å²) < 4.78 is 55.5. The van der Waals surface area contributed by atoms with E-state index in [1.807, 2.05) is 0 Å². The van der Waals surface area contributed by atoms with E-state index in [-0.39, 0.29) is 21.7 Å². The van der Waals surface area contributed by atoms with Crippen LogP contribution in [0.1, 0.15) is 10.4 Å². The van der Waals surface area contributed by atoms with Gasteiger partial charge in [-0.25, -0.2) is 17.2 Å². The molecule has 34 heavy (non-hydrogen) atoms. The van der Waals surface area contributed by atoms with Gasteiger partial charge >= 0.3 is 0 Å². The zero-order valence-corrected chi connectivity index (χ0v) is 18.9. The van der Waals surface area contributed by atoms with Crippen LogP contribution in [0.2, 0.25) is 0 Å². The van der Waals surface area contributed by atoms with Gasteiger partial charge in [0, 0.05) is 24.2 Å². The number of para-hydroxylation sites is 1. The summed E-state index contributed by atoms with van der Waals surface area (Å²) in [6.45, 7) is 0. The molecule has 5 nitrogen and oxygen atoms in total. The molecule has 0 unspecified atom stereocenters. The molecule has 0 aromatic heterocycles. The van der Waals surface area contributed by atoms with Gasteiger partial charge in [-0.15, -0.1) is 0 Å². The minimum Gasteiger partial charge on any atom is -0.319 e. The Morgan fingerprint density at radius 2 is 1.41 bits per heavy atom. The molecule has 0 heterocycles. The van der Waals surface area contributed by atoms with Gasteiger partial charge in [0.1, 0.15) is 11.6 Å². The van der Waals surface area contributed by atoms with Crippen molar-refractivity contribution in [2.75, 3.05) is 16.7 Å². The molecule has 0 fully saturated rings. The molecule has 1 N–H and O–H groups in total. The van der Waals surface area contributed by atoms with Crippen LogP contribution in [0.25, 0.3) is 11.1 Å². The van der Waals surface area contributed by atoms with Crippen molar-refractivity contribution >= 4 is 27.3 Å². The Morgan fingerprint density at radius 3 is 2.03 bits per heavy atom. The number of rotatable bonds is 6. The van der Waals surface area contributed by atoms with Crippen molar-refractivity contribution in [3.05, 3.63) is 114 Å². The van der Waals surface area contributed by atoms with Crippen LogP contribution in [0.4, 0.5) is 20.2 Å². The van der Waals surface area contributed by atoms with Crippen LogP contribution in [0.3, 0.4) is 0 Å². The molecule has 0 bridgehead atoms. The van der Waals surface area contributed by atoms with E-state index in [9.17, 15) is 22.0 Å². The number of carbonyl (C=O) groups is 1. The third kappa shape index (κ3) is 4.67. The maximum atomic E-state index is 14.6. The van der Waals surface area contributed by atoms with Crippen molar-refractivity contribution < 1.29 is 22.0 Å². The second-order valence-corrected chi connectivity index (χ2v) is 9.43. The van der Waals surface area contributed by atoms with Gasteiger partial charge in [-0.1, -0.05) is 48.5 Å². The number of benzene rings is 4. The number of amides is 1. The van der Waals surface area contributed by atoms with Crippen LogP contribution in [0.5, 0.6) is 0 Å². The Morgan fingerprint density at radius 1 is 0.824 bits per heavy atom. The van der Waals surface area contributed by atoms with Gasteiger partial charge in [0.2, 0.25) is 0 Å².